The van der Waals surface area contributed by atoms with E-state index in [1.807, 2.05) is 0 Å². The Hall–Kier alpha value is -0.120. The number of hydrogen-bond donors (Lipinski definition) is 1. The highest BCUT2D eigenvalue weighted by molar-refractivity contribution is 4.92. The Bertz CT molecular complexity index is 229. The van der Waals surface area contributed by atoms with Crippen LogP contribution in [-0.4, -0.2) is 48.0 Å². The van der Waals surface area contributed by atoms with E-state index in [1.54, 1.807) is 0 Å². The van der Waals surface area contributed by atoms with Gasteiger partial charge in [-0.15, -0.1) is 0 Å². The molecule has 0 amide bonds. The van der Waals surface area contributed by atoms with Gasteiger partial charge in [-0.25, -0.2) is 0 Å². The summed E-state index contributed by atoms with van der Waals surface area (Å²) in [6.45, 7) is 10.2. The van der Waals surface area contributed by atoms with Gasteiger partial charge in [0.25, 0.3) is 0 Å². The molecule has 1 heterocycles. The molecule has 2 atom stereocenters. The molecule has 114 valence electrons. The SMILES string of the molecule is CCCCCCCC(O)C(C)(CC)N1CCOCC1. The van der Waals surface area contributed by atoms with Crippen molar-refractivity contribution in [2.24, 2.45) is 0 Å². The van der Waals surface area contributed by atoms with E-state index in [1.165, 1.54) is 25.7 Å². The standard InChI is InChI=1S/C16H33NO2/c1-4-6-7-8-9-10-15(18)16(3,5-2)17-11-13-19-14-12-17/h15,18H,4-14H2,1-3H3. The molecule has 1 N–H and O–H groups in total. The fourth-order valence-electron chi connectivity index (χ4n) is 3.00. The molecule has 0 saturated carbocycles. The highest BCUT2D eigenvalue weighted by Crippen LogP contribution is 2.28. The van der Waals surface area contributed by atoms with Gasteiger partial charge in [0, 0.05) is 18.6 Å². The summed E-state index contributed by atoms with van der Waals surface area (Å²) in [5.74, 6) is 0. The minimum atomic E-state index is -0.211. The lowest BCUT2D eigenvalue weighted by molar-refractivity contribution is -0.0745. The molecule has 0 aromatic heterocycles. The van der Waals surface area contributed by atoms with E-state index in [2.05, 4.69) is 25.7 Å². The molecule has 0 radical (unpaired) electrons. The fourth-order valence-corrected chi connectivity index (χ4v) is 3.00. The molecule has 0 spiro atoms. The Morgan fingerprint density at radius 1 is 1.11 bits per heavy atom. The molecule has 0 aliphatic carbocycles. The Labute approximate surface area is 119 Å². The summed E-state index contributed by atoms with van der Waals surface area (Å²) in [5.41, 5.74) is -0.0749. The number of ether oxygens (including phenoxy) is 1. The maximum atomic E-state index is 10.6. The van der Waals surface area contributed by atoms with Crippen molar-refractivity contribution in [2.75, 3.05) is 26.3 Å². The summed E-state index contributed by atoms with van der Waals surface area (Å²) < 4.78 is 5.42. The second kappa shape index (κ2) is 8.93. The first-order chi connectivity index (χ1) is 9.15. The molecule has 1 rings (SSSR count). The van der Waals surface area contributed by atoms with Gasteiger partial charge < -0.3 is 9.84 Å². The van der Waals surface area contributed by atoms with E-state index in [9.17, 15) is 5.11 Å². The fraction of sp³-hybridized carbons (Fsp3) is 1.00. The van der Waals surface area contributed by atoms with Crippen LogP contribution in [0.15, 0.2) is 0 Å². The van der Waals surface area contributed by atoms with Gasteiger partial charge in [-0.3, -0.25) is 4.90 Å². The second-order valence-corrected chi connectivity index (χ2v) is 6.03. The number of aliphatic hydroxyl groups excluding tert-OH is 1. The molecule has 1 aliphatic heterocycles. The topological polar surface area (TPSA) is 32.7 Å². The number of hydrogen-bond acceptors (Lipinski definition) is 3. The summed E-state index contributed by atoms with van der Waals surface area (Å²) in [5, 5.41) is 10.6. The Balaban J connectivity index is 2.38. The van der Waals surface area contributed by atoms with Crippen LogP contribution in [0.1, 0.15) is 65.7 Å². The minimum absolute atomic E-state index is 0.0749. The van der Waals surface area contributed by atoms with Gasteiger partial charge in [0.1, 0.15) is 0 Å². The van der Waals surface area contributed by atoms with Gasteiger partial charge in [-0.1, -0.05) is 46.0 Å². The van der Waals surface area contributed by atoms with E-state index >= 15 is 0 Å². The van der Waals surface area contributed by atoms with E-state index in [0.29, 0.717) is 0 Å². The second-order valence-electron chi connectivity index (χ2n) is 6.03. The number of unbranched alkanes of at least 4 members (excludes halogenated alkanes) is 4. The first-order valence-electron chi connectivity index (χ1n) is 8.16. The van der Waals surface area contributed by atoms with Crippen LogP contribution < -0.4 is 0 Å². The van der Waals surface area contributed by atoms with Crippen molar-refractivity contribution in [3.8, 4) is 0 Å². The number of nitrogens with zero attached hydrogens (tertiary/aromatic N) is 1. The zero-order chi connectivity index (χ0) is 14.1. The zero-order valence-electron chi connectivity index (χ0n) is 13.2. The maximum absolute atomic E-state index is 10.6. The molecule has 19 heavy (non-hydrogen) atoms. The Morgan fingerprint density at radius 3 is 2.32 bits per heavy atom. The molecule has 3 heteroatoms. The molecule has 2 unspecified atom stereocenters. The highest BCUT2D eigenvalue weighted by Gasteiger charge is 2.37. The third-order valence-electron chi connectivity index (χ3n) is 4.75. The normalized spacial score (nSPS) is 22.1. The average Bonchev–Trinajstić information content (AvgIpc) is 2.46. The van der Waals surface area contributed by atoms with Gasteiger partial charge in [-0.05, 0) is 19.8 Å². The molecular formula is C16H33NO2. The Morgan fingerprint density at radius 2 is 1.74 bits per heavy atom. The van der Waals surface area contributed by atoms with Crippen LogP contribution in [0.4, 0.5) is 0 Å². The smallest absolute Gasteiger partial charge is 0.0721 e. The van der Waals surface area contributed by atoms with Crippen LogP contribution in [0.5, 0.6) is 0 Å². The number of morpholine rings is 1. The van der Waals surface area contributed by atoms with Gasteiger partial charge in [-0.2, -0.15) is 0 Å². The van der Waals surface area contributed by atoms with Crippen molar-refractivity contribution in [3.63, 3.8) is 0 Å². The average molecular weight is 271 g/mol. The third kappa shape index (κ3) is 5.05. The van der Waals surface area contributed by atoms with Gasteiger partial charge in [0.15, 0.2) is 0 Å². The lowest BCUT2D eigenvalue weighted by atomic mass is 9.86. The van der Waals surface area contributed by atoms with Gasteiger partial charge in [0.2, 0.25) is 0 Å². The van der Waals surface area contributed by atoms with Crippen molar-refractivity contribution < 1.29 is 9.84 Å². The summed E-state index contributed by atoms with van der Waals surface area (Å²) in [6.07, 6.45) is 8.05. The summed E-state index contributed by atoms with van der Waals surface area (Å²) in [6, 6.07) is 0. The molecule has 1 saturated heterocycles. The van der Waals surface area contributed by atoms with Crippen molar-refractivity contribution in [1.82, 2.24) is 4.90 Å². The van der Waals surface area contributed by atoms with Crippen molar-refractivity contribution >= 4 is 0 Å². The highest BCUT2D eigenvalue weighted by atomic mass is 16.5. The van der Waals surface area contributed by atoms with E-state index < -0.39 is 0 Å². The zero-order valence-corrected chi connectivity index (χ0v) is 13.2. The minimum Gasteiger partial charge on any atom is -0.391 e. The van der Waals surface area contributed by atoms with E-state index in [4.69, 9.17) is 4.74 Å². The third-order valence-corrected chi connectivity index (χ3v) is 4.75. The molecule has 0 aromatic carbocycles. The Kier molecular flexibility index (Phi) is 7.96. The van der Waals surface area contributed by atoms with Gasteiger partial charge in [0.05, 0.1) is 19.3 Å². The molecule has 1 aliphatic rings. The predicted octanol–water partition coefficient (Wildman–Crippen LogP) is 3.21. The first kappa shape index (κ1) is 16.9. The quantitative estimate of drug-likeness (QED) is 0.654. The van der Waals surface area contributed by atoms with Crippen molar-refractivity contribution in [1.29, 1.82) is 0 Å². The van der Waals surface area contributed by atoms with E-state index in [0.717, 1.165) is 45.6 Å². The number of aliphatic hydroxyl groups is 1. The lowest BCUT2D eigenvalue weighted by Crippen LogP contribution is -2.57. The van der Waals surface area contributed by atoms with Crippen LogP contribution >= 0.6 is 0 Å². The molecule has 3 nitrogen and oxygen atoms in total. The molecule has 0 aromatic rings. The lowest BCUT2D eigenvalue weighted by Gasteiger charge is -2.46. The maximum Gasteiger partial charge on any atom is 0.0721 e. The van der Waals surface area contributed by atoms with E-state index in [-0.39, 0.29) is 11.6 Å². The van der Waals surface area contributed by atoms with Crippen LogP contribution in [0.2, 0.25) is 0 Å². The summed E-state index contributed by atoms with van der Waals surface area (Å²) in [7, 11) is 0. The largest absolute Gasteiger partial charge is 0.391 e. The molecule has 0 bridgehead atoms. The van der Waals surface area contributed by atoms with Crippen LogP contribution in [0.3, 0.4) is 0 Å². The number of rotatable bonds is 9. The van der Waals surface area contributed by atoms with Crippen LogP contribution in [0, 0.1) is 0 Å². The van der Waals surface area contributed by atoms with Crippen molar-refractivity contribution in [2.45, 2.75) is 77.4 Å². The van der Waals surface area contributed by atoms with Crippen LogP contribution in [0.25, 0.3) is 0 Å². The monoisotopic (exact) mass is 271 g/mol. The molecular weight excluding hydrogens is 238 g/mol. The van der Waals surface area contributed by atoms with Crippen molar-refractivity contribution in [3.05, 3.63) is 0 Å². The van der Waals surface area contributed by atoms with Gasteiger partial charge >= 0.3 is 0 Å². The van der Waals surface area contributed by atoms with Crippen LogP contribution in [-0.2, 0) is 4.74 Å². The summed E-state index contributed by atoms with van der Waals surface area (Å²) in [4.78, 5) is 2.42. The summed E-state index contributed by atoms with van der Waals surface area (Å²) >= 11 is 0. The molecule has 1 fully saturated rings. The predicted molar refractivity (Wildman–Crippen MR) is 80.5 cm³/mol. The first-order valence-corrected chi connectivity index (χ1v) is 8.16.